The summed E-state index contributed by atoms with van der Waals surface area (Å²) in [7, 11) is 1.47. The first-order valence-electron chi connectivity index (χ1n) is 11.5. The molecule has 1 aliphatic heterocycles. The fourth-order valence-electron chi connectivity index (χ4n) is 5.13. The normalized spacial score (nSPS) is 16.0. The van der Waals surface area contributed by atoms with Crippen LogP contribution < -0.4 is 0 Å². The second-order valence-electron chi connectivity index (χ2n) is 8.78. The molecule has 0 bridgehead atoms. The van der Waals surface area contributed by atoms with Crippen LogP contribution in [0.5, 0.6) is 0 Å². The number of carbonyl (C=O) groups excluding carboxylic acids is 1. The lowest BCUT2D eigenvalue weighted by atomic mass is 9.71. The summed E-state index contributed by atoms with van der Waals surface area (Å²) < 4.78 is 5.23. The molecule has 1 saturated heterocycles. The van der Waals surface area contributed by atoms with Gasteiger partial charge in [-0.3, -0.25) is 4.79 Å². The number of likely N-dealkylation sites (tertiary alicyclic amines) is 1. The molecule has 0 aliphatic carbocycles. The average molecular weight is 439 g/mol. The van der Waals surface area contributed by atoms with Crippen molar-refractivity contribution in [2.45, 2.75) is 30.1 Å². The predicted octanol–water partition coefficient (Wildman–Crippen LogP) is 5.09. The highest BCUT2D eigenvalue weighted by molar-refractivity contribution is 5.83. The number of nitrogens with zero attached hydrogens (tertiary/aromatic N) is 2. The van der Waals surface area contributed by atoms with E-state index in [0.717, 1.165) is 36.3 Å². The first-order valence-corrected chi connectivity index (χ1v) is 11.5. The molecule has 0 atom stereocenters. The number of piperidine rings is 1. The van der Waals surface area contributed by atoms with Crippen molar-refractivity contribution in [1.29, 1.82) is 5.26 Å². The van der Waals surface area contributed by atoms with Gasteiger partial charge in [0.25, 0.3) is 0 Å². The van der Waals surface area contributed by atoms with Gasteiger partial charge in [0.1, 0.15) is 5.41 Å². The van der Waals surface area contributed by atoms with E-state index in [1.165, 1.54) is 7.11 Å². The zero-order valence-corrected chi connectivity index (χ0v) is 19.1. The van der Waals surface area contributed by atoms with Gasteiger partial charge in [-0.15, -0.1) is 0 Å². The predicted molar refractivity (Wildman–Crippen MR) is 130 cm³/mol. The number of benzene rings is 3. The van der Waals surface area contributed by atoms with Gasteiger partial charge in [-0.1, -0.05) is 91.0 Å². The van der Waals surface area contributed by atoms with E-state index in [1.807, 2.05) is 91.0 Å². The molecule has 4 nitrogen and oxygen atoms in total. The summed E-state index contributed by atoms with van der Waals surface area (Å²) in [5.41, 5.74) is 1.75. The van der Waals surface area contributed by atoms with Crippen LogP contribution in [0.2, 0.25) is 0 Å². The molecule has 3 aromatic rings. The van der Waals surface area contributed by atoms with Crippen molar-refractivity contribution < 1.29 is 9.53 Å². The summed E-state index contributed by atoms with van der Waals surface area (Å²) in [5.74, 6) is -0.159. The molecule has 0 radical (unpaired) electrons. The Morgan fingerprint density at radius 1 is 0.909 bits per heavy atom. The van der Waals surface area contributed by atoms with E-state index in [-0.39, 0.29) is 5.97 Å². The average Bonchev–Trinajstić information content (AvgIpc) is 2.91. The number of nitriles is 1. The number of methoxy groups -OCH3 is 1. The van der Waals surface area contributed by atoms with Crippen molar-refractivity contribution in [1.82, 2.24) is 4.90 Å². The van der Waals surface area contributed by atoms with Crippen molar-refractivity contribution in [3.63, 3.8) is 0 Å². The molecule has 0 unspecified atom stereocenters. The summed E-state index contributed by atoms with van der Waals surface area (Å²) in [4.78, 5) is 15.2. The monoisotopic (exact) mass is 438 g/mol. The third-order valence-corrected chi connectivity index (χ3v) is 7.14. The SMILES string of the molecule is COC(=O)C1(c2ccccc2)CCN(CCC(C#N)(c2ccccc2)c2ccccc2)CC1. The van der Waals surface area contributed by atoms with E-state index < -0.39 is 10.8 Å². The Morgan fingerprint density at radius 3 is 1.85 bits per heavy atom. The summed E-state index contributed by atoms with van der Waals surface area (Å²) in [6.45, 7) is 2.35. The van der Waals surface area contributed by atoms with Crippen LogP contribution in [-0.2, 0) is 20.4 Å². The van der Waals surface area contributed by atoms with Crippen LogP contribution in [0.15, 0.2) is 91.0 Å². The van der Waals surface area contributed by atoms with Crippen LogP contribution in [-0.4, -0.2) is 37.6 Å². The highest BCUT2D eigenvalue weighted by atomic mass is 16.5. The summed E-state index contributed by atoms with van der Waals surface area (Å²) in [5, 5.41) is 10.4. The van der Waals surface area contributed by atoms with Gasteiger partial charge in [0.15, 0.2) is 0 Å². The molecular weight excluding hydrogens is 408 g/mol. The Morgan fingerprint density at radius 2 is 1.39 bits per heavy atom. The van der Waals surface area contributed by atoms with Gasteiger partial charge in [0, 0.05) is 6.54 Å². The van der Waals surface area contributed by atoms with Crippen molar-refractivity contribution in [2.24, 2.45) is 0 Å². The minimum Gasteiger partial charge on any atom is -0.468 e. The minimum absolute atomic E-state index is 0.159. The summed E-state index contributed by atoms with van der Waals surface area (Å²) >= 11 is 0. The van der Waals surface area contributed by atoms with Gasteiger partial charge in [0.2, 0.25) is 0 Å². The molecule has 168 valence electrons. The standard InChI is InChI=1S/C29H30N2O2/c1-33-27(32)28(24-11-5-2-6-12-24)17-20-31(21-18-28)22-19-29(23-30,25-13-7-3-8-14-25)26-15-9-4-10-16-26/h2-16H,17-22H2,1H3. The van der Waals surface area contributed by atoms with Crippen LogP contribution >= 0.6 is 0 Å². The molecule has 0 saturated carbocycles. The number of hydrogen-bond donors (Lipinski definition) is 0. The fourth-order valence-corrected chi connectivity index (χ4v) is 5.13. The van der Waals surface area contributed by atoms with Crippen LogP contribution in [0.3, 0.4) is 0 Å². The van der Waals surface area contributed by atoms with Crippen LogP contribution in [0, 0.1) is 11.3 Å². The topological polar surface area (TPSA) is 53.3 Å². The van der Waals surface area contributed by atoms with E-state index in [9.17, 15) is 10.1 Å². The Hall–Kier alpha value is -3.42. The fraction of sp³-hybridized carbons (Fsp3) is 0.310. The van der Waals surface area contributed by atoms with Gasteiger partial charge in [0.05, 0.1) is 18.6 Å². The van der Waals surface area contributed by atoms with E-state index >= 15 is 0 Å². The Kier molecular flexibility index (Phi) is 6.91. The van der Waals surface area contributed by atoms with Crippen molar-refractivity contribution in [2.75, 3.05) is 26.7 Å². The molecule has 4 heteroatoms. The number of esters is 1. The maximum atomic E-state index is 12.8. The second-order valence-corrected chi connectivity index (χ2v) is 8.78. The number of rotatable bonds is 7. The van der Waals surface area contributed by atoms with Crippen LogP contribution in [0.1, 0.15) is 36.0 Å². The lowest BCUT2D eigenvalue weighted by Crippen LogP contribution is -2.48. The molecule has 1 fully saturated rings. The van der Waals surface area contributed by atoms with Gasteiger partial charge < -0.3 is 9.64 Å². The number of hydrogen-bond acceptors (Lipinski definition) is 4. The van der Waals surface area contributed by atoms with E-state index in [1.54, 1.807) is 0 Å². The summed E-state index contributed by atoms with van der Waals surface area (Å²) in [6, 6.07) is 32.8. The highest BCUT2D eigenvalue weighted by Gasteiger charge is 2.44. The smallest absolute Gasteiger partial charge is 0.316 e. The Balaban J connectivity index is 1.54. The molecule has 0 amide bonds. The molecule has 0 N–H and O–H groups in total. The van der Waals surface area contributed by atoms with Crippen LogP contribution in [0.4, 0.5) is 0 Å². The second kappa shape index (κ2) is 10.0. The highest BCUT2D eigenvalue weighted by Crippen LogP contribution is 2.39. The number of carbonyl (C=O) groups is 1. The quantitative estimate of drug-likeness (QED) is 0.482. The van der Waals surface area contributed by atoms with E-state index in [2.05, 4.69) is 11.0 Å². The maximum absolute atomic E-state index is 12.8. The molecular formula is C29H30N2O2. The zero-order valence-electron chi connectivity index (χ0n) is 19.1. The van der Waals surface area contributed by atoms with Gasteiger partial charge >= 0.3 is 5.97 Å². The Bertz CT molecular complexity index is 1040. The van der Waals surface area contributed by atoms with Crippen molar-refractivity contribution in [3.05, 3.63) is 108 Å². The lowest BCUT2D eigenvalue weighted by Gasteiger charge is -2.41. The van der Waals surface area contributed by atoms with Gasteiger partial charge in [-0.05, 0) is 49.0 Å². The third-order valence-electron chi connectivity index (χ3n) is 7.14. The molecule has 0 spiro atoms. The molecule has 1 heterocycles. The lowest BCUT2D eigenvalue weighted by molar-refractivity contribution is -0.149. The van der Waals surface area contributed by atoms with E-state index in [4.69, 9.17) is 4.74 Å². The maximum Gasteiger partial charge on any atom is 0.316 e. The van der Waals surface area contributed by atoms with Gasteiger partial charge in [-0.25, -0.2) is 0 Å². The van der Waals surface area contributed by atoms with Crippen LogP contribution in [0.25, 0.3) is 0 Å². The first kappa shape index (κ1) is 22.8. The third kappa shape index (κ3) is 4.42. The minimum atomic E-state index is -0.709. The molecule has 33 heavy (non-hydrogen) atoms. The zero-order chi connectivity index (χ0) is 23.2. The largest absolute Gasteiger partial charge is 0.468 e. The van der Waals surface area contributed by atoms with Crippen molar-refractivity contribution in [3.8, 4) is 6.07 Å². The van der Waals surface area contributed by atoms with Crippen molar-refractivity contribution >= 4 is 5.97 Å². The molecule has 4 rings (SSSR count). The first-order chi connectivity index (χ1) is 16.1. The van der Waals surface area contributed by atoms with Gasteiger partial charge in [-0.2, -0.15) is 5.26 Å². The van der Waals surface area contributed by atoms with E-state index in [0.29, 0.717) is 19.3 Å². The Labute approximate surface area is 196 Å². The molecule has 3 aromatic carbocycles. The molecule has 1 aliphatic rings. The summed E-state index contributed by atoms with van der Waals surface area (Å²) in [6.07, 6.45) is 2.11. The number of ether oxygens (including phenoxy) is 1. The molecule has 0 aromatic heterocycles.